The Morgan fingerprint density at radius 2 is 1.91 bits per heavy atom. The van der Waals surface area contributed by atoms with Gasteiger partial charge in [0.05, 0.1) is 7.11 Å². The summed E-state index contributed by atoms with van der Waals surface area (Å²) < 4.78 is 9.89. The number of imide groups is 1. The van der Waals surface area contributed by atoms with Crippen LogP contribution in [0.5, 0.6) is 5.75 Å². The highest BCUT2D eigenvalue weighted by Crippen LogP contribution is 2.18. The maximum atomic E-state index is 11.5. The molecule has 0 heterocycles. The molecule has 118 valence electrons. The van der Waals surface area contributed by atoms with E-state index in [4.69, 9.17) is 9.47 Å². The van der Waals surface area contributed by atoms with Gasteiger partial charge in [0.15, 0.2) is 6.61 Å². The first-order chi connectivity index (χ1) is 10.4. The minimum atomic E-state index is -0.682. The van der Waals surface area contributed by atoms with E-state index in [1.54, 1.807) is 32.0 Å². The maximum Gasteiger partial charge on any atom is 0.331 e. The monoisotopic (exact) mass is 305 g/mol. The molecule has 0 atom stereocenters. The van der Waals surface area contributed by atoms with Gasteiger partial charge in [-0.05, 0) is 12.1 Å². The van der Waals surface area contributed by atoms with Crippen molar-refractivity contribution in [2.24, 2.45) is 5.92 Å². The number of benzene rings is 1. The number of esters is 1. The Balaban J connectivity index is 2.48. The predicted molar refractivity (Wildman–Crippen MR) is 81.0 cm³/mol. The molecule has 0 bridgehead atoms. The molecule has 0 saturated heterocycles. The fourth-order valence-electron chi connectivity index (χ4n) is 1.46. The predicted octanol–water partition coefficient (Wildman–Crippen LogP) is 1.55. The molecule has 1 aromatic rings. The molecule has 0 unspecified atom stereocenters. The van der Waals surface area contributed by atoms with Crippen LogP contribution < -0.4 is 10.1 Å². The van der Waals surface area contributed by atoms with E-state index < -0.39 is 24.4 Å². The average molecular weight is 305 g/mol. The Bertz CT molecular complexity index is 578. The van der Waals surface area contributed by atoms with Crippen LogP contribution >= 0.6 is 0 Å². The van der Waals surface area contributed by atoms with E-state index in [1.807, 2.05) is 6.07 Å². The Hall–Kier alpha value is -2.63. The molecule has 0 fully saturated rings. The number of methoxy groups -OCH3 is 1. The molecule has 2 amide bonds. The lowest BCUT2D eigenvalue weighted by molar-refractivity contribution is -0.145. The summed E-state index contributed by atoms with van der Waals surface area (Å²) in [5.41, 5.74) is 0.710. The second-order valence-corrected chi connectivity index (χ2v) is 4.75. The summed E-state index contributed by atoms with van der Waals surface area (Å²) in [6, 6.07) is 7.15. The number of nitrogens with one attached hydrogen (secondary N) is 1. The van der Waals surface area contributed by atoms with Gasteiger partial charge in [-0.25, -0.2) is 4.79 Å². The average Bonchev–Trinajstić information content (AvgIpc) is 2.50. The number of ether oxygens (including phenoxy) is 2. The van der Waals surface area contributed by atoms with Gasteiger partial charge in [-0.15, -0.1) is 0 Å². The Morgan fingerprint density at radius 1 is 1.23 bits per heavy atom. The van der Waals surface area contributed by atoms with Crippen molar-refractivity contribution in [3.63, 3.8) is 0 Å². The first-order valence-electron chi connectivity index (χ1n) is 6.75. The van der Waals surface area contributed by atoms with Gasteiger partial charge in [-0.3, -0.25) is 14.9 Å². The fourth-order valence-corrected chi connectivity index (χ4v) is 1.46. The second-order valence-electron chi connectivity index (χ2n) is 4.75. The summed E-state index contributed by atoms with van der Waals surface area (Å²) in [7, 11) is 1.53. The normalized spacial score (nSPS) is 10.5. The fraction of sp³-hybridized carbons (Fsp3) is 0.312. The van der Waals surface area contributed by atoms with E-state index >= 15 is 0 Å². The minimum Gasteiger partial charge on any atom is -0.496 e. The van der Waals surface area contributed by atoms with E-state index in [1.165, 1.54) is 19.3 Å². The summed E-state index contributed by atoms with van der Waals surface area (Å²) in [6.45, 7) is 2.81. The highest BCUT2D eigenvalue weighted by Gasteiger charge is 2.12. The zero-order valence-electron chi connectivity index (χ0n) is 12.8. The molecule has 0 aliphatic heterocycles. The smallest absolute Gasteiger partial charge is 0.331 e. The highest BCUT2D eigenvalue weighted by atomic mass is 16.5. The van der Waals surface area contributed by atoms with Crippen LogP contribution in [0, 0.1) is 5.92 Å². The third-order valence-corrected chi connectivity index (χ3v) is 2.67. The number of para-hydroxylation sites is 1. The Labute approximate surface area is 129 Å². The van der Waals surface area contributed by atoms with E-state index in [2.05, 4.69) is 5.32 Å². The third-order valence-electron chi connectivity index (χ3n) is 2.67. The van der Waals surface area contributed by atoms with Gasteiger partial charge < -0.3 is 9.47 Å². The Kier molecular flexibility index (Phi) is 6.82. The minimum absolute atomic E-state index is 0.315. The van der Waals surface area contributed by atoms with Crippen molar-refractivity contribution in [1.82, 2.24) is 5.32 Å². The lowest BCUT2D eigenvalue weighted by atomic mass is 10.2. The summed E-state index contributed by atoms with van der Waals surface area (Å²) in [6.07, 6.45) is 2.72. The van der Waals surface area contributed by atoms with Crippen LogP contribution in [0.2, 0.25) is 0 Å². The lowest BCUT2D eigenvalue weighted by Gasteiger charge is -2.06. The van der Waals surface area contributed by atoms with Gasteiger partial charge in [0.2, 0.25) is 5.91 Å². The van der Waals surface area contributed by atoms with Gasteiger partial charge >= 0.3 is 5.97 Å². The molecule has 6 nitrogen and oxygen atoms in total. The second kappa shape index (κ2) is 8.61. The molecule has 0 saturated carbocycles. The first kappa shape index (κ1) is 17.4. The standard InChI is InChI=1S/C16H19NO5/c1-11(2)16(20)17-14(18)10-22-15(19)9-8-12-6-4-5-7-13(12)21-3/h4-9,11H,10H2,1-3H3,(H,17,18,20)/b9-8+. The summed E-state index contributed by atoms with van der Waals surface area (Å²) >= 11 is 0. The molecule has 1 N–H and O–H groups in total. The molecule has 22 heavy (non-hydrogen) atoms. The van der Waals surface area contributed by atoms with Crippen molar-refractivity contribution in [1.29, 1.82) is 0 Å². The lowest BCUT2D eigenvalue weighted by Crippen LogP contribution is -2.36. The van der Waals surface area contributed by atoms with Gasteiger partial charge in [0.1, 0.15) is 5.75 Å². The molecule has 0 aliphatic rings. The quantitative estimate of drug-likeness (QED) is 0.637. The van der Waals surface area contributed by atoms with E-state index in [-0.39, 0.29) is 5.92 Å². The van der Waals surface area contributed by atoms with Gasteiger partial charge in [-0.2, -0.15) is 0 Å². The number of carbonyl (C=O) groups excluding carboxylic acids is 3. The molecule has 0 aromatic heterocycles. The van der Waals surface area contributed by atoms with Crippen molar-refractivity contribution in [2.75, 3.05) is 13.7 Å². The molecule has 0 radical (unpaired) electrons. The molecule has 1 rings (SSSR count). The van der Waals surface area contributed by atoms with Gasteiger partial charge in [0, 0.05) is 17.6 Å². The number of rotatable bonds is 6. The largest absolute Gasteiger partial charge is 0.496 e. The van der Waals surface area contributed by atoms with Crippen molar-refractivity contribution >= 4 is 23.9 Å². The van der Waals surface area contributed by atoms with Gasteiger partial charge in [0.25, 0.3) is 5.91 Å². The van der Waals surface area contributed by atoms with Crippen LogP contribution in [0.15, 0.2) is 30.3 Å². The SMILES string of the molecule is COc1ccccc1/C=C/C(=O)OCC(=O)NC(=O)C(C)C. The van der Waals surface area contributed by atoms with E-state index in [9.17, 15) is 14.4 Å². The van der Waals surface area contributed by atoms with Crippen LogP contribution in [0.25, 0.3) is 6.08 Å². The van der Waals surface area contributed by atoms with Crippen LogP contribution in [-0.2, 0) is 19.1 Å². The first-order valence-corrected chi connectivity index (χ1v) is 6.75. The summed E-state index contributed by atoms with van der Waals surface area (Å²) in [5.74, 6) is -1.45. The zero-order valence-corrected chi connectivity index (χ0v) is 12.8. The topological polar surface area (TPSA) is 81.7 Å². The van der Waals surface area contributed by atoms with Crippen LogP contribution in [0.1, 0.15) is 19.4 Å². The number of carbonyl (C=O) groups is 3. The molecule has 6 heteroatoms. The maximum absolute atomic E-state index is 11.5. The van der Waals surface area contributed by atoms with Crippen molar-refractivity contribution in [3.05, 3.63) is 35.9 Å². The van der Waals surface area contributed by atoms with E-state index in [0.29, 0.717) is 11.3 Å². The highest BCUT2D eigenvalue weighted by molar-refractivity contribution is 5.97. The van der Waals surface area contributed by atoms with Crippen molar-refractivity contribution in [3.8, 4) is 5.75 Å². The third kappa shape index (κ3) is 5.78. The van der Waals surface area contributed by atoms with Crippen molar-refractivity contribution < 1.29 is 23.9 Å². The van der Waals surface area contributed by atoms with Crippen LogP contribution in [-0.4, -0.2) is 31.5 Å². The molecule has 0 aliphatic carbocycles. The Morgan fingerprint density at radius 3 is 2.55 bits per heavy atom. The van der Waals surface area contributed by atoms with E-state index in [0.717, 1.165) is 0 Å². The summed E-state index contributed by atoms with van der Waals surface area (Å²) in [4.78, 5) is 34.2. The molecular weight excluding hydrogens is 286 g/mol. The number of amides is 2. The molecule has 1 aromatic carbocycles. The van der Waals surface area contributed by atoms with Crippen LogP contribution in [0.3, 0.4) is 0 Å². The number of hydrogen-bond donors (Lipinski definition) is 1. The molecule has 0 spiro atoms. The van der Waals surface area contributed by atoms with Gasteiger partial charge in [-0.1, -0.05) is 32.0 Å². The zero-order chi connectivity index (χ0) is 16.5. The summed E-state index contributed by atoms with van der Waals surface area (Å²) in [5, 5.41) is 2.13. The van der Waals surface area contributed by atoms with Crippen molar-refractivity contribution in [2.45, 2.75) is 13.8 Å². The number of hydrogen-bond acceptors (Lipinski definition) is 5. The molecular formula is C16H19NO5. The van der Waals surface area contributed by atoms with Crippen LogP contribution in [0.4, 0.5) is 0 Å².